The number of hydrogen-bond donors (Lipinski definition) is 4. The van der Waals surface area contributed by atoms with Crippen molar-refractivity contribution in [3.8, 4) is 11.5 Å². The smallest absolute Gasteiger partial charge is 0.259 e. The van der Waals surface area contributed by atoms with Gasteiger partial charge in [0.25, 0.3) is 5.91 Å². The van der Waals surface area contributed by atoms with Gasteiger partial charge in [-0.25, -0.2) is 0 Å². The number of aliphatic hydroxyl groups excluding tert-OH is 1. The molecule has 5 nitrogen and oxygen atoms in total. The second-order valence-corrected chi connectivity index (χ2v) is 5.75. The maximum atomic E-state index is 12.3. The number of aromatic hydroxyl groups is 2. The van der Waals surface area contributed by atoms with Crippen LogP contribution in [0.1, 0.15) is 43.0 Å². The molecule has 2 rings (SSSR count). The highest BCUT2D eigenvalue weighted by atomic mass is 16.3. The summed E-state index contributed by atoms with van der Waals surface area (Å²) in [5.74, 6) is -0.492. The molecule has 1 aromatic rings. The molecule has 1 saturated carbocycles. The first-order valence-corrected chi connectivity index (χ1v) is 6.92. The van der Waals surface area contributed by atoms with Gasteiger partial charge in [-0.2, -0.15) is 0 Å². The number of rotatable bonds is 3. The molecule has 1 aliphatic rings. The van der Waals surface area contributed by atoms with Crippen LogP contribution in [0.5, 0.6) is 11.5 Å². The third-order valence-electron chi connectivity index (χ3n) is 4.16. The normalized spacial score (nSPS) is 26.2. The van der Waals surface area contributed by atoms with E-state index >= 15 is 0 Å². The number of hydrogen-bond acceptors (Lipinski definition) is 4. The number of carbonyl (C=O) groups excluding carboxylic acids is 1. The Morgan fingerprint density at radius 1 is 1.30 bits per heavy atom. The van der Waals surface area contributed by atoms with Gasteiger partial charge in [0, 0.05) is 0 Å². The Morgan fingerprint density at radius 3 is 2.35 bits per heavy atom. The molecule has 4 N–H and O–H groups in total. The molecule has 0 atom stereocenters. The van der Waals surface area contributed by atoms with Crippen LogP contribution in [0.25, 0.3) is 0 Å². The summed E-state index contributed by atoms with van der Waals surface area (Å²) in [5.41, 5.74) is -0.794. The highest BCUT2D eigenvalue weighted by molar-refractivity contribution is 5.99. The predicted octanol–water partition coefficient (Wildman–Crippen LogP) is 1.77. The fourth-order valence-corrected chi connectivity index (χ4v) is 2.70. The number of carbonyl (C=O) groups is 1. The zero-order chi connectivity index (χ0) is 14.8. The molecule has 0 saturated heterocycles. The van der Waals surface area contributed by atoms with Gasteiger partial charge < -0.3 is 20.6 Å². The van der Waals surface area contributed by atoms with Crippen LogP contribution in [-0.4, -0.2) is 33.4 Å². The molecule has 1 amide bonds. The molecule has 0 aliphatic heterocycles. The van der Waals surface area contributed by atoms with Gasteiger partial charge in [0.05, 0.1) is 12.1 Å². The lowest BCUT2D eigenvalue weighted by Crippen LogP contribution is -2.53. The van der Waals surface area contributed by atoms with Gasteiger partial charge in [0.15, 0.2) is 0 Å². The molecule has 1 aliphatic carbocycles. The number of aliphatic hydroxyl groups is 1. The third kappa shape index (κ3) is 2.88. The third-order valence-corrected chi connectivity index (χ3v) is 4.16. The maximum absolute atomic E-state index is 12.3. The van der Waals surface area contributed by atoms with Crippen LogP contribution in [0.3, 0.4) is 0 Å². The standard InChI is InChI=1S/C15H21NO4/c1-10-5-7-15(9-17,8-6-10)16-14(20)13-11(18)3-2-4-12(13)19/h2-4,10,17-19H,5-9H2,1H3,(H,16,20). The van der Waals surface area contributed by atoms with Crippen LogP contribution >= 0.6 is 0 Å². The van der Waals surface area contributed by atoms with Crippen molar-refractivity contribution >= 4 is 5.91 Å². The van der Waals surface area contributed by atoms with E-state index in [1.165, 1.54) is 18.2 Å². The Balaban J connectivity index is 2.18. The molecule has 0 aromatic heterocycles. The van der Waals surface area contributed by atoms with E-state index in [-0.39, 0.29) is 23.7 Å². The lowest BCUT2D eigenvalue weighted by molar-refractivity contribution is 0.0712. The Morgan fingerprint density at radius 2 is 1.85 bits per heavy atom. The van der Waals surface area contributed by atoms with E-state index in [1.807, 2.05) is 0 Å². The molecule has 0 spiro atoms. The minimum atomic E-state index is -0.654. The second-order valence-electron chi connectivity index (χ2n) is 5.75. The van der Waals surface area contributed by atoms with Crippen molar-refractivity contribution in [2.45, 2.75) is 38.1 Å². The molecule has 5 heteroatoms. The highest BCUT2D eigenvalue weighted by Crippen LogP contribution is 2.33. The fraction of sp³-hybridized carbons (Fsp3) is 0.533. The first-order chi connectivity index (χ1) is 9.47. The average molecular weight is 279 g/mol. The minimum Gasteiger partial charge on any atom is -0.507 e. The number of benzene rings is 1. The topological polar surface area (TPSA) is 89.8 Å². The van der Waals surface area contributed by atoms with Crippen molar-refractivity contribution in [3.05, 3.63) is 23.8 Å². The lowest BCUT2D eigenvalue weighted by Gasteiger charge is -2.38. The summed E-state index contributed by atoms with van der Waals surface area (Å²) >= 11 is 0. The minimum absolute atomic E-state index is 0.139. The Hall–Kier alpha value is -1.75. The van der Waals surface area contributed by atoms with Gasteiger partial charge in [0.2, 0.25) is 0 Å². The molecule has 0 bridgehead atoms. The Bertz CT molecular complexity index is 472. The first kappa shape index (κ1) is 14.7. The van der Waals surface area contributed by atoms with Crippen molar-refractivity contribution in [1.29, 1.82) is 0 Å². The van der Waals surface area contributed by atoms with Gasteiger partial charge in [-0.3, -0.25) is 4.79 Å². The fourth-order valence-electron chi connectivity index (χ4n) is 2.70. The molecule has 110 valence electrons. The summed E-state index contributed by atoms with van der Waals surface area (Å²) in [4.78, 5) is 12.3. The van der Waals surface area contributed by atoms with E-state index in [9.17, 15) is 20.1 Å². The Labute approximate surface area is 118 Å². The van der Waals surface area contributed by atoms with Crippen molar-refractivity contribution in [2.75, 3.05) is 6.61 Å². The molecular weight excluding hydrogens is 258 g/mol. The van der Waals surface area contributed by atoms with Crippen molar-refractivity contribution in [2.24, 2.45) is 5.92 Å². The van der Waals surface area contributed by atoms with E-state index in [0.717, 1.165) is 12.8 Å². The number of phenolic OH excluding ortho intramolecular Hbond substituents is 2. The van der Waals surface area contributed by atoms with Crippen LogP contribution in [0.4, 0.5) is 0 Å². The summed E-state index contributed by atoms with van der Waals surface area (Å²) in [6, 6.07) is 4.16. The molecule has 0 radical (unpaired) electrons. The second kappa shape index (κ2) is 5.71. The monoisotopic (exact) mass is 279 g/mol. The van der Waals surface area contributed by atoms with Crippen LogP contribution in [0.15, 0.2) is 18.2 Å². The summed E-state index contributed by atoms with van der Waals surface area (Å²) in [6.07, 6.45) is 3.27. The quantitative estimate of drug-likeness (QED) is 0.679. The van der Waals surface area contributed by atoms with Gasteiger partial charge in [-0.15, -0.1) is 0 Å². The van der Waals surface area contributed by atoms with Crippen molar-refractivity contribution in [3.63, 3.8) is 0 Å². The SMILES string of the molecule is CC1CCC(CO)(NC(=O)c2c(O)cccc2O)CC1. The largest absolute Gasteiger partial charge is 0.507 e. The van der Waals surface area contributed by atoms with Gasteiger partial charge in [0.1, 0.15) is 17.1 Å². The zero-order valence-corrected chi connectivity index (χ0v) is 11.6. The number of amides is 1. The average Bonchev–Trinajstić information content (AvgIpc) is 2.41. The molecule has 0 unspecified atom stereocenters. The van der Waals surface area contributed by atoms with Gasteiger partial charge in [-0.05, 0) is 43.7 Å². The zero-order valence-electron chi connectivity index (χ0n) is 11.6. The van der Waals surface area contributed by atoms with Crippen LogP contribution < -0.4 is 5.32 Å². The van der Waals surface area contributed by atoms with E-state index in [0.29, 0.717) is 18.8 Å². The number of nitrogens with one attached hydrogen (secondary N) is 1. The van der Waals surface area contributed by atoms with E-state index in [4.69, 9.17) is 0 Å². The Kier molecular flexibility index (Phi) is 4.18. The summed E-state index contributed by atoms with van der Waals surface area (Å²) in [5, 5.41) is 31.8. The van der Waals surface area contributed by atoms with Crippen LogP contribution in [-0.2, 0) is 0 Å². The van der Waals surface area contributed by atoms with E-state index in [2.05, 4.69) is 12.2 Å². The van der Waals surface area contributed by atoms with Crippen LogP contribution in [0.2, 0.25) is 0 Å². The van der Waals surface area contributed by atoms with E-state index < -0.39 is 11.4 Å². The van der Waals surface area contributed by atoms with Crippen LogP contribution in [0, 0.1) is 5.92 Å². The first-order valence-electron chi connectivity index (χ1n) is 6.92. The van der Waals surface area contributed by atoms with E-state index in [1.54, 1.807) is 0 Å². The van der Waals surface area contributed by atoms with Crippen molar-refractivity contribution < 1.29 is 20.1 Å². The molecular formula is C15H21NO4. The summed E-state index contributed by atoms with van der Waals surface area (Å²) < 4.78 is 0. The summed E-state index contributed by atoms with van der Waals surface area (Å²) in [7, 11) is 0. The van der Waals surface area contributed by atoms with Crippen molar-refractivity contribution in [1.82, 2.24) is 5.32 Å². The molecule has 1 fully saturated rings. The maximum Gasteiger partial charge on any atom is 0.259 e. The molecule has 1 aromatic carbocycles. The molecule has 20 heavy (non-hydrogen) atoms. The van der Waals surface area contributed by atoms with Gasteiger partial charge >= 0.3 is 0 Å². The van der Waals surface area contributed by atoms with Gasteiger partial charge in [-0.1, -0.05) is 13.0 Å². The molecule has 0 heterocycles. The summed E-state index contributed by atoms with van der Waals surface area (Å²) in [6.45, 7) is 2.01. The number of phenols is 2. The predicted molar refractivity (Wildman–Crippen MR) is 74.7 cm³/mol. The highest BCUT2D eigenvalue weighted by Gasteiger charge is 2.36. The lowest BCUT2D eigenvalue weighted by atomic mass is 9.77.